The van der Waals surface area contributed by atoms with Crippen LogP contribution in [0.2, 0.25) is 0 Å². The lowest BCUT2D eigenvalue weighted by Crippen LogP contribution is -2.19. The Bertz CT molecular complexity index is 519. The molecule has 1 atom stereocenters. The fourth-order valence-corrected chi connectivity index (χ4v) is 2.69. The fraction of sp³-hybridized carbons (Fsp3) is 0.429. The van der Waals surface area contributed by atoms with Crippen LogP contribution in [-0.4, -0.2) is 11.6 Å². The standard InChI is InChI=1S/C14H16N2O/c1-9-3-4-11-5-6-12(8-13(9)11)16-14(17)7-10(2)15-16/h5-6,8-9H,3-4,7H2,1-2H3. The van der Waals surface area contributed by atoms with Crippen molar-refractivity contribution in [1.82, 2.24) is 0 Å². The molecule has 3 nitrogen and oxygen atoms in total. The van der Waals surface area contributed by atoms with Crippen LogP contribution in [-0.2, 0) is 11.2 Å². The molecule has 3 rings (SSSR count). The molecule has 2 aliphatic rings. The maximum atomic E-state index is 11.8. The number of fused-ring (bicyclic) bond motifs is 1. The minimum absolute atomic E-state index is 0.0769. The highest BCUT2D eigenvalue weighted by Crippen LogP contribution is 2.35. The van der Waals surface area contributed by atoms with Gasteiger partial charge in [-0.3, -0.25) is 4.79 Å². The lowest BCUT2D eigenvalue weighted by molar-refractivity contribution is -0.116. The predicted molar refractivity (Wildman–Crippen MR) is 68.4 cm³/mol. The number of carbonyl (C=O) groups excluding carboxylic acids is 1. The molecule has 17 heavy (non-hydrogen) atoms. The molecule has 0 bridgehead atoms. The number of nitrogens with zero attached hydrogens (tertiary/aromatic N) is 2. The summed E-state index contributed by atoms with van der Waals surface area (Å²) in [6.45, 7) is 4.14. The van der Waals surface area contributed by atoms with E-state index in [4.69, 9.17) is 0 Å². The first-order chi connectivity index (χ1) is 8.15. The molecule has 0 N–H and O–H groups in total. The van der Waals surface area contributed by atoms with Gasteiger partial charge in [0.05, 0.1) is 12.1 Å². The Morgan fingerprint density at radius 2 is 2.24 bits per heavy atom. The van der Waals surface area contributed by atoms with Gasteiger partial charge in [0.25, 0.3) is 5.91 Å². The number of aryl methyl sites for hydroxylation is 1. The topological polar surface area (TPSA) is 32.7 Å². The molecule has 88 valence electrons. The first-order valence-corrected chi connectivity index (χ1v) is 6.15. The summed E-state index contributed by atoms with van der Waals surface area (Å²) >= 11 is 0. The van der Waals surface area contributed by atoms with Gasteiger partial charge in [0.2, 0.25) is 0 Å². The van der Waals surface area contributed by atoms with Crippen LogP contribution in [0.15, 0.2) is 23.3 Å². The van der Waals surface area contributed by atoms with E-state index in [2.05, 4.69) is 24.2 Å². The molecule has 1 heterocycles. The molecule has 0 saturated carbocycles. The van der Waals surface area contributed by atoms with E-state index in [-0.39, 0.29) is 5.91 Å². The van der Waals surface area contributed by atoms with Gasteiger partial charge in [-0.2, -0.15) is 5.10 Å². The number of rotatable bonds is 1. The third-order valence-electron chi connectivity index (χ3n) is 3.67. The Hall–Kier alpha value is -1.64. The highest BCUT2D eigenvalue weighted by atomic mass is 16.2. The Morgan fingerprint density at radius 1 is 1.41 bits per heavy atom. The van der Waals surface area contributed by atoms with Gasteiger partial charge in [-0.15, -0.1) is 0 Å². The lowest BCUT2D eigenvalue weighted by atomic mass is 10.0. The minimum Gasteiger partial charge on any atom is -0.272 e. The molecule has 0 radical (unpaired) electrons. The zero-order chi connectivity index (χ0) is 12.0. The molecule has 1 amide bonds. The second kappa shape index (κ2) is 3.69. The Labute approximate surface area is 101 Å². The van der Waals surface area contributed by atoms with Gasteiger partial charge in [-0.25, -0.2) is 5.01 Å². The van der Waals surface area contributed by atoms with Crippen LogP contribution < -0.4 is 5.01 Å². The number of carbonyl (C=O) groups is 1. The Balaban J connectivity index is 2.00. The summed E-state index contributed by atoms with van der Waals surface area (Å²) in [5.41, 5.74) is 4.62. The number of hydrogen-bond donors (Lipinski definition) is 0. The number of benzene rings is 1. The van der Waals surface area contributed by atoms with Crippen LogP contribution in [0.5, 0.6) is 0 Å². The predicted octanol–water partition coefficient (Wildman–Crippen LogP) is 2.85. The molecule has 1 aromatic rings. The average molecular weight is 228 g/mol. The van der Waals surface area contributed by atoms with E-state index < -0.39 is 0 Å². The van der Waals surface area contributed by atoms with E-state index in [1.165, 1.54) is 17.5 Å². The van der Waals surface area contributed by atoms with Gasteiger partial charge in [0.15, 0.2) is 0 Å². The van der Waals surface area contributed by atoms with E-state index >= 15 is 0 Å². The summed E-state index contributed by atoms with van der Waals surface area (Å²) in [4.78, 5) is 11.8. The zero-order valence-corrected chi connectivity index (χ0v) is 10.2. The van der Waals surface area contributed by atoms with Crippen LogP contribution in [0.1, 0.15) is 43.7 Å². The van der Waals surface area contributed by atoms with E-state index in [0.717, 1.165) is 17.8 Å². The third-order valence-corrected chi connectivity index (χ3v) is 3.67. The molecule has 1 aliphatic heterocycles. The summed E-state index contributed by atoms with van der Waals surface area (Å²) in [5.74, 6) is 0.681. The van der Waals surface area contributed by atoms with Gasteiger partial charge in [-0.1, -0.05) is 13.0 Å². The van der Waals surface area contributed by atoms with Crippen LogP contribution in [0.3, 0.4) is 0 Å². The van der Waals surface area contributed by atoms with E-state index in [1.54, 1.807) is 5.01 Å². The van der Waals surface area contributed by atoms with Crippen molar-refractivity contribution in [2.24, 2.45) is 5.10 Å². The molecule has 1 unspecified atom stereocenters. The quantitative estimate of drug-likeness (QED) is 0.727. The van der Waals surface area contributed by atoms with Gasteiger partial charge < -0.3 is 0 Å². The van der Waals surface area contributed by atoms with Crippen LogP contribution in [0, 0.1) is 0 Å². The first-order valence-electron chi connectivity index (χ1n) is 6.15. The number of hydrazone groups is 1. The lowest BCUT2D eigenvalue weighted by Gasteiger charge is -2.14. The molecule has 0 spiro atoms. The van der Waals surface area contributed by atoms with Gasteiger partial charge in [-0.05, 0) is 48.9 Å². The van der Waals surface area contributed by atoms with Crippen molar-refractivity contribution in [2.75, 3.05) is 5.01 Å². The SMILES string of the molecule is CC1=NN(c2ccc3c(c2)C(C)CC3)C(=O)C1. The Morgan fingerprint density at radius 3 is 2.94 bits per heavy atom. The van der Waals surface area contributed by atoms with Crippen LogP contribution in [0.25, 0.3) is 0 Å². The van der Waals surface area contributed by atoms with Gasteiger partial charge in [0.1, 0.15) is 0 Å². The number of hydrogen-bond acceptors (Lipinski definition) is 2. The summed E-state index contributed by atoms with van der Waals surface area (Å²) in [5, 5.41) is 5.83. The summed E-state index contributed by atoms with van der Waals surface area (Å²) in [6, 6.07) is 6.29. The molecule has 0 saturated heterocycles. The molecular weight excluding hydrogens is 212 g/mol. The van der Waals surface area contributed by atoms with Crippen LogP contribution >= 0.6 is 0 Å². The maximum absolute atomic E-state index is 11.8. The first kappa shape index (κ1) is 10.5. The summed E-state index contributed by atoms with van der Waals surface area (Å²) < 4.78 is 0. The van der Waals surface area contributed by atoms with E-state index in [1.807, 2.05) is 13.0 Å². The highest BCUT2D eigenvalue weighted by Gasteiger charge is 2.25. The fourth-order valence-electron chi connectivity index (χ4n) is 2.69. The zero-order valence-electron chi connectivity index (χ0n) is 10.2. The smallest absolute Gasteiger partial charge is 0.253 e. The second-order valence-electron chi connectivity index (χ2n) is 5.04. The molecule has 1 aromatic carbocycles. The average Bonchev–Trinajstić information content (AvgIpc) is 2.83. The summed E-state index contributed by atoms with van der Waals surface area (Å²) in [6.07, 6.45) is 2.83. The normalized spacial score (nSPS) is 22.9. The van der Waals surface area contributed by atoms with Gasteiger partial charge in [0, 0.05) is 5.71 Å². The van der Waals surface area contributed by atoms with Crippen molar-refractivity contribution >= 4 is 17.3 Å². The molecule has 1 aliphatic carbocycles. The largest absolute Gasteiger partial charge is 0.272 e. The monoisotopic (exact) mass is 228 g/mol. The minimum atomic E-state index is 0.0769. The molecular formula is C14H16N2O. The van der Waals surface area contributed by atoms with Crippen molar-refractivity contribution < 1.29 is 4.79 Å². The number of amides is 1. The van der Waals surface area contributed by atoms with Crippen molar-refractivity contribution in [3.05, 3.63) is 29.3 Å². The van der Waals surface area contributed by atoms with Crippen molar-refractivity contribution in [3.8, 4) is 0 Å². The highest BCUT2D eigenvalue weighted by molar-refractivity contribution is 6.12. The van der Waals surface area contributed by atoms with Gasteiger partial charge >= 0.3 is 0 Å². The van der Waals surface area contributed by atoms with Crippen LogP contribution in [0.4, 0.5) is 5.69 Å². The molecule has 0 fully saturated rings. The molecule has 3 heteroatoms. The van der Waals surface area contributed by atoms with Crippen molar-refractivity contribution in [1.29, 1.82) is 0 Å². The maximum Gasteiger partial charge on any atom is 0.253 e. The molecule has 0 aromatic heterocycles. The summed E-state index contributed by atoms with van der Waals surface area (Å²) in [7, 11) is 0. The third kappa shape index (κ3) is 1.66. The van der Waals surface area contributed by atoms with Crippen molar-refractivity contribution in [2.45, 2.75) is 39.0 Å². The second-order valence-corrected chi connectivity index (χ2v) is 5.04. The Kier molecular flexibility index (Phi) is 2.28. The van der Waals surface area contributed by atoms with Crippen molar-refractivity contribution in [3.63, 3.8) is 0 Å². The number of anilines is 1. The van der Waals surface area contributed by atoms with E-state index in [9.17, 15) is 4.79 Å². The van der Waals surface area contributed by atoms with E-state index in [0.29, 0.717) is 12.3 Å².